The molecule has 2 atom stereocenters. The molecule has 1 aromatic heterocycles. The fourth-order valence-corrected chi connectivity index (χ4v) is 1.72. The lowest BCUT2D eigenvalue weighted by Gasteiger charge is -2.15. The first-order chi connectivity index (χ1) is 9.04. The van der Waals surface area contributed by atoms with Gasteiger partial charge in [0.25, 0.3) is 0 Å². The summed E-state index contributed by atoms with van der Waals surface area (Å²) in [5.74, 6) is -0.531. The molecule has 0 fully saturated rings. The number of hydrogen-bond acceptors (Lipinski definition) is 4. The van der Waals surface area contributed by atoms with Gasteiger partial charge in [-0.05, 0) is 25.5 Å². The highest BCUT2D eigenvalue weighted by atomic mass is 16.4. The SMILES string of the molecule is CCCC(NCC(=O)NC(C)c1ccco1)C(=O)O. The zero-order valence-electron chi connectivity index (χ0n) is 11.2. The van der Waals surface area contributed by atoms with Crippen molar-refractivity contribution in [1.82, 2.24) is 10.6 Å². The lowest BCUT2D eigenvalue weighted by Crippen LogP contribution is -2.43. The van der Waals surface area contributed by atoms with E-state index in [-0.39, 0.29) is 18.5 Å². The highest BCUT2D eigenvalue weighted by Gasteiger charge is 2.18. The summed E-state index contributed by atoms with van der Waals surface area (Å²) in [7, 11) is 0. The van der Waals surface area contributed by atoms with E-state index >= 15 is 0 Å². The van der Waals surface area contributed by atoms with E-state index in [2.05, 4.69) is 10.6 Å². The predicted octanol–water partition coefficient (Wildman–Crippen LogP) is 1.30. The molecule has 6 heteroatoms. The first kappa shape index (κ1) is 15.2. The van der Waals surface area contributed by atoms with Gasteiger partial charge in [0.05, 0.1) is 18.8 Å². The average Bonchev–Trinajstić information content (AvgIpc) is 2.87. The maximum absolute atomic E-state index is 11.7. The molecule has 0 aliphatic rings. The number of nitrogens with one attached hydrogen (secondary N) is 2. The molecule has 0 radical (unpaired) electrons. The number of carbonyl (C=O) groups excluding carboxylic acids is 1. The third kappa shape index (κ3) is 5.13. The monoisotopic (exact) mass is 268 g/mol. The van der Waals surface area contributed by atoms with Gasteiger partial charge < -0.3 is 14.8 Å². The number of hydrogen-bond donors (Lipinski definition) is 3. The van der Waals surface area contributed by atoms with Crippen LogP contribution in [0.25, 0.3) is 0 Å². The molecule has 0 saturated carbocycles. The molecule has 0 saturated heterocycles. The summed E-state index contributed by atoms with van der Waals surface area (Å²) < 4.78 is 5.17. The molecule has 0 bridgehead atoms. The molecule has 1 rings (SSSR count). The van der Waals surface area contributed by atoms with Crippen molar-refractivity contribution >= 4 is 11.9 Å². The van der Waals surface area contributed by atoms with Crippen LogP contribution in [-0.4, -0.2) is 29.6 Å². The van der Waals surface area contributed by atoms with E-state index in [1.54, 1.807) is 19.1 Å². The van der Waals surface area contributed by atoms with Crippen molar-refractivity contribution in [1.29, 1.82) is 0 Å². The number of amides is 1. The van der Waals surface area contributed by atoms with Crippen molar-refractivity contribution in [2.24, 2.45) is 0 Å². The molecular weight excluding hydrogens is 248 g/mol. The van der Waals surface area contributed by atoms with E-state index in [1.165, 1.54) is 6.26 Å². The van der Waals surface area contributed by atoms with Crippen LogP contribution in [0.15, 0.2) is 22.8 Å². The Kier molecular flexibility index (Phi) is 6.08. The third-order valence-corrected chi connectivity index (χ3v) is 2.73. The fourth-order valence-electron chi connectivity index (χ4n) is 1.72. The van der Waals surface area contributed by atoms with Crippen LogP contribution in [0, 0.1) is 0 Å². The van der Waals surface area contributed by atoms with Crippen molar-refractivity contribution in [3.8, 4) is 0 Å². The second-order valence-electron chi connectivity index (χ2n) is 4.37. The Morgan fingerprint density at radius 3 is 2.74 bits per heavy atom. The number of carboxylic acids is 1. The van der Waals surface area contributed by atoms with Crippen LogP contribution >= 0.6 is 0 Å². The molecule has 1 heterocycles. The van der Waals surface area contributed by atoms with Gasteiger partial charge in [-0.3, -0.25) is 14.9 Å². The number of carbonyl (C=O) groups is 2. The minimum atomic E-state index is -0.936. The van der Waals surface area contributed by atoms with Gasteiger partial charge in [-0.2, -0.15) is 0 Å². The van der Waals surface area contributed by atoms with Gasteiger partial charge >= 0.3 is 5.97 Å². The topological polar surface area (TPSA) is 91.6 Å². The quantitative estimate of drug-likeness (QED) is 0.661. The number of furan rings is 1. The van der Waals surface area contributed by atoms with E-state index in [1.807, 2.05) is 6.92 Å². The van der Waals surface area contributed by atoms with E-state index in [0.717, 1.165) is 6.42 Å². The summed E-state index contributed by atoms with van der Waals surface area (Å²) >= 11 is 0. The number of carboxylic acid groups (broad SMARTS) is 1. The Bertz CT molecular complexity index is 403. The van der Waals surface area contributed by atoms with Crippen molar-refractivity contribution < 1.29 is 19.1 Å². The van der Waals surface area contributed by atoms with Crippen molar-refractivity contribution in [2.75, 3.05) is 6.54 Å². The van der Waals surface area contributed by atoms with Crippen LogP contribution in [0.1, 0.15) is 38.5 Å². The Morgan fingerprint density at radius 2 is 2.21 bits per heavy atom. The summed E-state index contributed by atoms with van der Waals surface area (Å²) in [6, 6.07) is 2.60. The molecule has 1 amide bonds. The minimum absolute atomic E-state index is 0.0258. The predicted molar refractivity (Wildman–Crippen MR) is 69.6 cm³/mol. The van der Waals surface area contributed by atoms with Crippen molar-refractivity contribution in [3.05, 3.63) is 24.2 Å². The van der Waals surface area contributed by atoms with Crippen LogP contribution in [0.3, 0.4) is 0 Å². The maximum atomic E-state index is 11.7. The Morgan fingerprint density at radius 1 is 1.47 bits per heavy atom. The Labute approximate surface area is 112 Å². The molecule has 106 valence electrons. The van der Waals surface area contributed by atoms with E-state index in [0.29, 0.717) is 12.2 Å². The maximum Gasteiger partial charge on any atom is 0.320 e. The van der Waals surface area contributed by atoms with Crippen LogP contribution < -0.4 is 10.6 Å². The van der Waals surface area contributed by atoms with E-state index < -0.39 is 12.0 Å². The molecule has 0 aliphatic heterocycles. The lowest BCUT2D eigenvalue weighted by atomic mass is 10.1. The van der Waals surface area contributed by atoms with Crippen LogP contribution in [0.2, 0.25) is 0 Å². The first-order valence-electron chi connectivity index (χ1n) is 6.33. The number of aliphatic carboxylic acids is 1. The highest BCUT2D eigenvalue weighted by molar-refractivity contribution is 5.80. The zero-order valence-corrected chi connectivity index (χ0v) is 11.2. The summed E-state index contributed by atoms with van der Waals surface area (Å²) in [6.07, 6.45) is 2.78. The van der Waals surface area contributed by atoms with Gasteiger partial charge in [0.1, 0.15) is 11.8 Å². The molecular formula is C13H20N2O4. The van der Waals surface area contributed by atoms with Gasteiger partial charge in [-0.25, -0.2) is 0 Å². The average molecular weight is 268 g/mol. The van der Waals surface area contributed by atoms with Crippen molar-refractivity contribution in [2.45, 2.75) is 38.8 Å². The Hall–Kier alpha value is -1.82. The molecule has 3 N–H and O–H groups in total. The third-order valence-electron chi connectivity index (χ3n) is 2.73. The molecule has 0 aromatic carbocycles. The summed E-state index contributed by atoms with van der Waals surface area (Å²) in [5.41, 5.74) is 0. The lowest BCUT2D eigenvalue weighted by molar-refractivity contribution is -0.139. The van der Waals surface area contributed by atoms with Gasteiger partial charge in [0.2, 0.25) is 5.91 Å². The summed E-state index contributed by atoms with van der Waals surface area (Å²) in [4.78, 5) is 22.6. The molecule has 0 aliphatic carbocycles. The second kappa shape index (κ2) is 7.58. The second-order valence-corrected chi connectivity index (χ2v) is 4.37. The van der Waals surface area contributed by atoms with Gasteiger partial charge in [0, 0.05) is 0 Å². The van der Waals surface area contributed by atoms with E-state index in [4.69, 9.17) is 9.52 Å². The largest absolute Gasteiger partial charge is 0.480 e. The standard InChI is InChI=1S/C13H20N2O4/c1-3-5-10(13(17)18)14-8-12(16)15-9(2)11-6-4-7-19-11/h4,6-7,9-10,14H,3,5,8H2,1-2H3,(H,15,16)(H,17,18). The first-order valence-corrected chi connectivity index (χ1v) is 6.33. The zero-order chi connectivity index (χ0) is 14.3. The summed E-state index contributed by atoms with van der Waals surface area (Å²) in [5, 5.41) is 14.4. The molecule has 2 unspecified atom stereocenters. The Balaban J connectivity index is 2.36. The highest BCUT2D eigenvalue weighted by Crippen LogP contribution is 2.11. The van der Waals surface area contributed by atoms with Gasteiger partial charge in [-0.15, -0.1) is 0 Å². The number of rotatable bonds is 8. The van der Waals surface area contributed by atoms with E-state index in [9.17, 15) is 9.59 Å². The molecule has 6 nitrogen and oxygen atoms in total. The van der Waals surface area contributed by atoms with Crippen LogP contribution in [0.4, 0.5) is 0 Å². The van der Waals surface area contributed by atoms with Gasteiger partial charge in [0.15, 0.2) is 0 Å². The van der Waals surface area contributed by atoms with Gasteiger partial charge in [-0.1, -0.05) is 13.3 Å². The smallest absolute Gasteiger partial charge is 0.320 e. The van der Waals surface area contributed by atoms with Crippen molar-refractivity contribution in [3.63, 3.8) is 0 Å². The molecule has 0 spiro atoms. The summed E-state index contributed by atoms with van der Waals surface area (Å²) in [6.45, 7) is 3.68. The molecule has 19 heavy (non-hydrogen) atoms. The molecule has 1 aromatic rings. The normalized spacial score (nSPS) is 13.8. The van der Waals surface area contributed by atoms with Crippen LogP contribution in [0.5, 0.6) is 0 Å². The van der Waals surface area contributed by atoms with Crippen LogP contribution in [-0.2, 0) is 9.59 Å². The minimum Gasteiger partial charge on any atom is -0.480 e. The fraction of sp³-hybridized carbons (Fsp3) is 0.538.